The van der Waals surface area contributed by atoms with Crippen molar-refractivity contribution in [3.8, 4) is 39.1 Å². The third-order valence-corrected chi connectivity index (χ3v) is 11.1. The molecule has 322 valence electrons. The lowest BCUT2D eigenvalue weighted by atomic mass is 9.94. The van der Waals surface area contributed by atoms with E-state index in [0.717, 1.165) is 21.6 Å². The lowest BCUT2D eigenvalue weighted by Gasteiger charge is -2.20. The predicted molar refractivity (Wildman–Crippen MR) is 215 cm³/mol. The second-order valence-corrected chi connectivity index (χ2v) is 14.8. The number of rotatable bonds is 5. The molecule has 2 heterocycles. The third kappa shape index (κ3) is 6.84. The van der Waals surface area contributed by atoms with Crippen molar-refractivity contribution in [2.75, 3.05) is 4.90 Å². The Morgan fingerprint density at radius 3 is 1.30 bits per heavy atom. The molecule has 7 aromatic carbocycles. The number of nitrogens with zero attached hydrogens (tertiary/aromatic N) is 2. The van der Waals surface area contributed by atoms with Crippen molar-refractivity contribution >= 4 is 39.3 Å². The fraction of sp³-hybridized carbons (Fsp3) is 0.0833. The molecule has 0 bridgehead atoms. The SMILES string of the molecule is O=C1c2cccc(-n3c4c(-c5ccc(C(F)(F)F)cc5C(F)(F)F)cccc4c4cccc(-c5ccc(C(F)(F)F)cc5C(F)(F)F)c43)c2C(=O)N1c1ccccc1-c1ccccc1. The molecule has 9 rings (SSSR count). The van der Waals surface area contributed by atoms with E-state index in [2.05, 4.69) is 0 Å². The largest absolute Gasteiger partial charge is 0.417 e. The lowest BCUT2D eigenvalue weighted by molar-refractivity contribution is -0.144. The van der Waals surface area contributed by atoms with Crippen LogP contribution in [0.15, 0.2) is 146 Å². The molecule has 0 aliphatic carbocycles. The number of para-hydroxylation sites is 3. The maximum Gasteiger partial charge on any atom is 0.417 e. The standard InChI is InChI=1S/C48H24F12N2O2/c49-45(50,51)26-19-21-29(36(23-26)47(55,56)57)31-12-6-14-33-34-15-7-13-32(30-22-20-27(46(52,53)54)24-37(30)48(58,59)60)42(34)61(41(31)33)39-18-8-16-35-40(39)44(64)62(43(35)63)38-17-5-4-11-28(38)25-9-2-1-3-10-25/h1-24H. The van der Waals surface area contributed by atoms with E-state index in [0.29, 0.717) is 35.4 Å². The first-order valence-electron chi connectivity index (χ1n) is 19.0. The molecule has 1 aromatic heterocycles. The number of hydrogen-bond acceptors (Lipinski definition) is 2. The second kappa shape index (κ2) is 14.6. The molecule has 0 saturated carbocycles. The van der Waals surface area contributed by atoms with Crippen LogP contribution in [0, 0.1) is 0 Å². The molecule has 64 heavy (non-hydrogen) atoms. The van der Waals surface area contributed by atoms with E-state index in [1.54, 1.807) is 48.5 Å². The minimum absolute atomic E-state index is 0.0310. The Morgan fingerprint density at radius 2 is 0.797 bits per heavy atom. The Labute approximate surface area is 353 Å². The van der Waals surface area contributed by atoms with Crippen LogP contribution in [0.5, 0.6) is 0 Å². The van der Waals surface area contributed by atoms with Gasteiger partial charge in [-0.05, 0) is 59.2 Å². The topological polar surface area (TPSA) is 42.3 Å². The normalized spacial score (nSPS) is 13.7. The number of hydrogen-bond donors (Lipinski definition) is 0. The predicted octanol–water partition coefficient (Wildman–Crippen LogP) is 14.7. The Balaban J connectivity index is 1.41. The fourth-order valence-electron chi connectivity index (χ4n) is 8.37. The molecule has 0 radical (unpaired) electrons. The van der Waals surface area contributed by atoms with Crippen LogP contribution in [0.25, 0.3) is 60.9 Å². The van der Waals surface area contributed by atoms with Crippen molar-refractivity contribution in [2.45, 2.75) is 24.7 Å². The van der Waals surface area contributed by atoms with Gasteiger partial charge in [-0.1, -0.05) is 103 Å². The van der Waals surface area contributed by atoms with E-state index >= 15 is 0 Å². The molecular weight excluding hydrogens is 865 g/mol. The smallest absolute Gasteiger partial charge is 0.307 e. The number of carbonyl (C=O) groups excluding carboxylic acids is 2. The highest BCUT2D eigenvalue weighted by atomic mass is 19.4. The molecule has 0 saturated heterocycles. The van der Waals surface area contributed by atoms with Crippen molar-refractivity contribution in [2.24, 2.45) is 0 Å². The Kier molecular flexibility index (Phi) is 9.58. The number of halogens is 12. The van der Waals surface area contributed by atoms with Gasteiger partial charge in [0.1, 0.15) is 0 Å². The van der Waals surface area contributed by atoms with Crippen LogP contribution >= 0.6 is 0 Å². The first kappa shape index (κ1) is 42.0. The van der Waals surface area contributed by atoms with Gasteiger partial charge in [0.15, 0.2) is 0 Å². The molecule has 0 atom stereocenters. The van der Waals surface area contributed by atoms with Crippen molar-refractivity contribution in [1.82, 2.24) is 4.57 Å². The molecule has 0 unspecified atom stereocenters. The highest BCUT2D eigenvalue weighted by Crippen LogP contribution is 2.50. The van der Waals surface area contributed by atoms with E-state index in [1.807, 2.05) is 0 Å². The van der Waals surface area contributed by atoms with Crippen LogP contribution in [0.1, 0.15) is 43.0 Å². The molecule has 1 aliphatic rings. The molecule has 0 N–H and O–H groups in total. The van der Waals surface area contributed by atoms with Gasteiger partial charge in [0.2, 0.25) is 0 Å². The zero-order chi connectivity index (χ0) is 45.7. The number of imide groups is 1. The summed E-state index contributed by atoms with van der Waals surface area (Å²) in [4.78, 5) is 30.2. The van der Waals surface area contributed by atoms with Gasteiger partial charge < -0.3 is 4.57 Å². The summed E-state index contributed by atoms with van der Waals surface area (Å²) < 4.78 is 174. The Bertz CT molecular complexity index is 3080. The molecule has 0 spiro atoms. The minimum Gasteiger partial charge on any atom is -0.307 e. The van der Waals surface area contributed by atoms with Gasteiger partial charge >= 0.3 is 24.7 Å². The molecule has 8 aromatic rings. The van der Waals surface area contributed by atoms with Gasteiger partial charge in [-0.3, -0.25) is 9.59 Å². The summed E-state index contributed by atoms with van der Waals surface area (Å²) in [5.41, 5.74) is -9.11. The summed E-state index contributed by atoms with van der Waals surface area (Å²) in [7, 11) is 0. The number of anilines is 1. The Hall–Kier alpha value is -7.36. The number of aromatic nitrogens is 1. The average Bonchev–Trinajstić information content (AvgIpc) is 3.73. The van der Waals surface area contributed by atoms with Crippen LogP contribution in [0.4, 0.5) is 58.4 Å². The highest BCUT2D eigenvalue weighted by Gasteiger charge is 2.43. The molecule has 16 heteroatoms. The highest BCUT2D eigenvalue weighted by molar-refractivity contribution is 6.36. The van der Waals surface area contributed by atoms with Crippen molar-refractivity contribution in [3.05, 3.63) is 179 Å². The molecule has 0 fully saturated rings. The fourth-order valence-corrected chi connectivity index (χ4v) is 8.37. The van der Waals surface area contributed by atoms with E-state index < -0.39 is 69.9 Å². The van der Waals surface area contributed by atoms with E-state index in [-0.39, 0.29) is 67.6 Å². The third-order valence-electron chi connectivity index (χ3n) is 11.1. The quantitative estimate of drug-likeness (QED) is 0.128. The number of carbonyl (C=O) groups is 2. The van der Waals surface area contributed by atoms with Crippen LogP contribution in [0.2, 0.25) is 0 Å². The van der Waals surface area contributed by atoms with Crippen molar-refractivity contribution in [3.63, 3.8) is 0 Å². The van der Waals surface area contributed by atoms with Crippen molar-refractivity contribution in [1.29, 1.82) is 0 Å². The summed E-state index contributed by atoms with van der Waals surface area (Å²) in [5.74, 6) is -1.78. The molecule has 4 nitrogen and oxygen atoms in total. The number of alkyl halides is 12. The van der Waals surface area contributed by atoms with Gasteiger partial charge in [0, 0.05) is 27.5 Å². The van der Waals surface area contributed by atoms with E-state index in [1.165, 1.54) is 48.5 Å². The molecule has 2 amide bonds. The van der Waals surface area contributed by atoms with Gasteiger partial charge in [-0.25, -0.2) is 4.90 Å². The monoisotopic (exact) mass is 888 g/mol. The average molecular weight is 889 g/mol. The number of amides is 2. The minimum atomic E-state index is -5.40. The Morgan fingerprint density at radius 1 is 0.359 bits per heavy atom. The molecule has 1 aliphatic heterocycles. The van der Waals surface area contributed by atoms with Gasteiger partial charge in [-0.2, -0.15) is 52.7 Å². The van der Waals surface area contributed by atoms with Crippen molar-refractivity contribution < 1.29 is 62.3 Å². The zero-order valence-electron chi connectivity index (χ0n) is 32.1. The first-order chi connectivity index (χ1) is 30.2. The maximum atomic E-state index is 14.9. The van der Waals surface area contributed by atoms with Gasteiger partial charge in [-0.15, -0.1) is 0 Å². The van der Waals surface area contributed by atoms with Gasteiger partial charge in [0.25, 0.3) is 11.8 Å². The van der Waals surface area contributed by atoms with Crippen LogP contribution in [0.3, 0.4) is 0 Å². The van der Waals surface area contributed by atoms with Crippen LogP contribution in [-0.4, -0.2) is 16.4 Å². The maximum absolute atomic E-state index is 14.9. The summed E-state index contributed by atoms with van der Waals surface area (Å²) in [6, 6.07) is 28.5. The summed E-state index contributed by atoms with van der Waals surface area (Å²) in [6.07, 6.45) is -21.2. The second-order valence-electron chi connectivity index (χ2n) is 14.8. The molecular formula is C48H24F12N2O2. The summed E-state index contributed by atoms with van der Waals surface area (Å²) in [5, 5.41) is 0.0620. The number of benzene rings is 7. The lowest BCUT2D eigenvalue weighted by Crippen LogP contribution is -2.30. The number of fused-ring (bicyclic) bond motifs is 4. The zero-order valence-corrected chi connectivity index (χ0v) is 32.1. The summed E-state index contributed by atoms with van der Waals surface area (Å²) in [6.45, 7) is 0. The van der Waals surface area contributed by atoms with E-state index in [9.17, 15) is 62.3 Å². The van der Waals surface area contributed by atoms with Crippen LogP contribution in [-0.2, 0) is 24.7 Å². The first-order valence-corrected chi connectivity index (χ1v) is 19.0. The van der Waals surface area contributed by atoms with Crippen LogP contribution < -0.4 is 4.90 Å². The van der Waals surface area contributed by atoms with Gasteiger partial charge in [0.05, 0.1) is 55.8 Å². The van der Waals surface area contributed by atoms with E-state index in [4.69, 9.17) is 0 Å². The summed E-state index contributed by atoms with van der Waals surface area (Å²) >= 11 is 0.